The van der Waals surface area contributed by atoms with Gasteiger partial charge in [0.2, 0.25) is 11.8 Å². The Bertz CT molecular complexity index is 655. The normalized spacial score (nSPS) is 13.9. The van der Waals surface area contributed by atoms with Crippen molar-refractivity contribution in [3.05, 3.63) is 35.9 Å². The molecule has 0 saturated carbocycles. The molecular weight excluding hydrogens is 362 g/mol. The molecule has 3 atom stereocenters. The molecule has 6 N–H and O–H groups in total. The highest BCUT2D eigenvalue weighted by Crippen LogP contribution is 2.04. The Balaban J connectivity index is 2.71. The highest BCUT2D eigenvalue weighted by atomic mass is 32.1. The molecule has 26 heavy (non-hydrogen) atoms. The molecule has 0 aromatic heterocycles. The lowest BCUT2D eigenvalue weighted by Crippen LogP contribution is -2.55. The number of carbonyl (C=O) groups is 4. The Kier molecular flexibility index (Phi) is 8.59. The van der Waals surface area contributed by atoms with Gasteiger partial charge >= 0.3 is 11.9 Å². The van der Waals surface area contributed by atoms with Crippen molar-refractivity contribution in [1.29, 1.82) is 0 Å². The Labute approximate surface area is 155 Å². The molecule has 0 bridgehead atoms. The van der Waals surface area contributed by atoms with Crippen molar-refractivity contribution in [2.75, 3.05) is 5.75 Å². The second-order valence-electron chi connectivity index (χ2n) is 5.54. The molecule has 0 aliphatic carbocycles. The number of amides is 2. The van der Waals surface area contributed by atoms with Crippen LogP contribution < -0.4 is 16.4 Å². The molecule has 1 rings (SSSR count). The summed E-state index contributed by atoms with van der Waals surface area (Å²) in [6.45, 7) is 0. The van der Waals surface area contributed by atoms with Crippen LogP contribution in [0, 0.1) is 0 Å². The summed E-state index contributed by atoms with van der Waals surface area (Å²) in [6, 6.07) is 5.05. The predicted octanol–water partition coefficient (Wildman–Crippen LogP) is -0.985. The van der Waals surface area contributed by atoms with Gasteiger partial charge in [0.1, 0.15) is 12.1 Å². The second-order valence-corrected chi connectivity index (χ2v) is 5.90. The van der Waals surface area contributed by atoms with Crippen molar-refractivity contribution in [3.63, 3.8) is 0 Å². The fraction of sp³-hybridized carbons (Fsp3) is 0.375. The number of carboxylic acid groups (broad SMARTS) is 2. The average Bonchev–Trinajstić information content (AvgIpc) is 2.58. The first-order chi connectivity index (χ1) is 12.2. The number of hydrogen-bond donors (Lipinski definition) is 6. The van der Waals surface area contributed by atoms with E-state index in [9.17, 15) is 24.3 Å². The van der Waals surface area contributed by atoms with Crippen LogP contribution in [0.4, 0.5) is 0 Å². The molecule has 2 amide bonds. The van der Waals surface area contributed by atoms with E-state index in [2.05, 4.69) is 23.3 Å². The molecule has 0 radical (unpaired) electrons. The highest BCUT2D eigenvalue weighted by molar-refractivity contribution is 7.80. The fourth-order valence-electron chi connectivity index (χ4n) is 2.08. The molecule has 9 nitrogen and oxygen atoms in total. The number of nitrogens with one attached hydrogen (secondary N) is 2. The summed E-state index contributed by atoms with van der Waals surface area (Å²) in [7, 11) is 0. The number of carboxylic acids is 2. The largest absolute Gasteiger partial charge is 0.481 e. The zero-order valence-corrected chi connectivity index (χ0v) is 14.7. The van der Waals surface area contributed by atoms with Crippen LogP contribution in [0.1, 0.15) is 12.0 Å². The first kappa shape index (κ1) is 21.5. The van der Waals surface area contributed by atoms with Gasteiger partial charge in [0.05, 0.1) is 12.5 Å². The minimum Gasteiger partial charge on any atom is -0.481 e. The number of hydrogen-bond acceptors (Lipinski definition) is 6. The summed E-state index contributed by atoms with van der Waals surface area (Å²) in [5.74, 6) is -4.19. The lowest BCUT2D eigenvalue weighted by molar-refractivity contribution is -0.142. The van der Waals surface area contributed by atoms with Crippen LogP contribution in [0.15, 0.2) is 30.3 Å². The van der Waals surface area contributed by atoms with Crippen LogP contribution in [-0.2, 0) is 25.6 Å². The summed E-state index contributed by atoms with van der Waals surface area (Å²) < 4.78 is 0. The van der Waals surface area contributed by atoms with E-state index >= 15 is 0 Å². The van der Waals surface area contributed by atoms with Gasteiger partial charge < -0.3 is 26.6 Å². The van der Waals surface area contributed by atoms with Crippen molar-refractivity contribution < 1.29 is 29.4 Å². The van der Waals surface area contributed by atoms with Crippen molar-refractivity contribution in [2.45, 2.75) is 31.0 Å². The molecule has 10 heteroatoms. The second kappa shape index (κ2) is 10.4. The Hall–Kier alpha value is -2.59. The number of carbonyl (C=O) groups excluding carboxylic acids is 2. The van der Waals surface area contributed by atoms with E-state index in [1.807, 2.05) is 0 Å². The van der Waals surface area contributed by atoms with Crippen LogP contribution in [0.3, 0.4) is 0 Å². The number of rotatable bonds is 10. The van der Waals surface area contributed by atoms with Gasteiger partial charge in [0.25, 0.3) is 0 Å². The molecule has 0 fully saturated rings. The Morgan fingerprint density at radius 1 is 1.00 bits per heavy atom. The molecule has 0 aliphatic heterocycles. The molecule has 0 spiro atoms. The third-order valence-electron chi connectivity index (χ3n) is 3.44. The number of nitrogens with two attached hydrogens (primary N) is 1. The Morgan fingerprint density at radius 2 is 1.58 bits per heavy atom. The van der Waals surface area contributed by atoms with Crippen LogP contribution in [-0.4, -0.2) is 57.8 Å². The molecule has 1 aromatic carbocycles. The van der Waals surface area contributed by atoms with Crippen molar-refractivity contribution in [3.8, 4) is 0 Å². The maximum absolute atomic E-state index is 12.3. The van der Waals surface area contributed by atoms with E-state index in [1.165, 1.54) is 0 Å². The fourth-order valence-corrected chi connectivity index (χ4v) is 2.33. The monoisotopic (exact) mass is 383 g/mol. The van der Waals surface area contributed by atoms with Crippen LogP contribution >= 0.6 is 12.6 Å². The number of benzene rings is 1. The lowest BCUT2D eigenvalue weighted by atomic mass is 10.1. The third-order valence-corrected chi connectivity index (χ3v) is 3.81. The van der Waals surface area contributed by atoms with E-state index in [0.717, 1.165) is 5.56 Å². The average molecular weight is 383 g/mol. The van der Waals surface area contributed by atoms with Gasteiger partial charge in [0.15, 0.2) is 0 Å². The highest BCUT2D eigenvalue weighted by Gasteiger charge is 2.27. The molecule has 142 valence electrons. The molecule has 0 heterocycles. The SMILES string of the molecule is NC(CC(=O)O)C(=O)NC(CS)C(=O)NC(Cc1ccccc1)C(=O)O. The maximum atomic E-state index is 12.3. The minimum atomic E-state index is -1.33. The molecule has 1 aromatic rings. The van der Waals surface area contributed by atoms with Gasteiger partial charge in [0, 0.05) is 12.2 Å². The smallest absolute Gasteiger partial charge is 0.326 e. The zero-order chi connectivity index (χ0) is 19.7. The predicted molar refractivity (Wildman–Crippen MR) is 95.7 cm³/mol. The summed E-state index contributed by atoms with van der Waals surface area (Å²) in [6.07, 6.45) is -0.536. The van der Waals surface area contributed by atoms with E-state index < -0.39 is 48.3 Å². The van der Waals surface area contributed by atoms with Crippen molar-refractivity contribution in [1.82, 2.24) is 10.6 Å². The Morgan fingerprint density at radius 3 is 2.08 bits per heavy atom. The van der Waals surface area contributed by atoms with Crippen LogP contribution in [0.5, 0.6) is 0 Å². The topological polar surface area (TPSA) is 159 Å². The van der Waals surface area contributed by atoms with Gasteiger partial charge in [-0.2, -0.15) is 12.6 Å². The van der Waals surface area contributed by atoms with E-state index in [-0.39, 0.29) is 12.2 Å². The van der Waals surface area contributed by atoms with Crippen molar-refractivity contribution in [2.24, 2.45) is 5.73 Å². The minimum absolute atomic E-state index is 0.0632. The first-order valence-electron chi connectivity index (χ1n) is 7.70. The number of thiol groups is 1. The van der Waals surface area contributed by atoms with E-state index in [1.54, 1.807) is 30.3 Å². The van der Waals surface area contributed by atoms with Crippen molar-refractivity contribution >= 4 is 36.4 Å². The van der Waals surface area contributed by atoms with Crippen LogP contribution in [0.25, 0.3) is 0 Å². The van der Waals surface area contributed by atoms with E-state index in [4.69, 9.17) is 10.8 Å². The van der Waals surface area contributed by atoms with Gasteiger partial charge in [-0.3, -0.25) is 14.4 Å². The quantitative estimate of drug-likeness (QED) is 0.283. The van der Waals surface area contributed by atoms with Crippen LogP contribution in [0.2, 0.25) is 0 Å². The molecule has 3 unspecified atom stereocenters. The third kappa shape index (κ3) is 7.11. The van der Waals surface area contributed by atoms with E-state index in [0.29, 0.717) is 0 Å². The van der Waals surface area contributed by atoms with Gasteiger partial charge in [-0.05, 0) is 5.56 Å². The van der Waals surface area contributed by atoms with Gasteiger partial charge in [-0.1, -0.05) is 30.3 Å². The lowest BCUT2D eigenvalue weighted by Gasteiger charge is -2.21. The number of aliphatic carboxylic acids is 2. The summed E-state index contributed by atoms with van der Waals surface area (Å²) in [4.78, 5) is 46.1. The van der Waals surface area contributed by atoms with Gasteiger partial charge in [-0.25, -0.2) is 4.79 Å². The summed E-state index contributed by atoms with van der Waals surface area (Å²) >= 11 is 3.96. The first-order valence-corrected chi connectivity index (χ1v) is 8.33. The molecule has 0 saturated heterocycles. The standard InChI is InChI=1S/C16H21N3O6S/c17-10(7-13(20)21)14(22)19-12(8-26)15(23)18-11(16(24)25)6-9-4-2-1-3-5-9/h1-5,10-12,26H,6-8,17H2,(H,18,23)(H,19,22)(H,20,21)(H,24,25). The summed E-state index contributed by atoms with van der Waals surface area (Å²) in [5.41, 5.74) is 6.15. The van der Waals surface area contributed by atoms with Gasteiger partial charge in [-0.15, -0.1) is 0 Å². The molecule has 0 aliphatic rings. The molecular formula is C16H21N3O6S. The maximum Gasteiger partial charge on any atom is 0.326 e. The zero-order valence-electron chi connectivity index (χ0n) is 13.8. The summed E-state index contributed by atoms with van der Waals surface area (Å²) in [5, 5.41) is 22.5.